The second-order valence-corrected chi connectivity index (χ2v) is 3.59. The van der Waals surface area contributed by atoms with Gasteiger partial charge in [-0.3, -0.25) is 4.79 Å². The number of rotatable bonds is 5. The van der Waals surface area contributed by atoms with Crippen LogP contribution in [0.1, 0.15) is 11.4 Å². The van der Waals surface area contributed by atoms with Gasteiger partial charge in [0, 0.05) is 6.21 Å². The Morgan fingerprint density at radius 1 is 1.37 bits per heavy atom. The largest absolute Gasteiger partial charge is 0.273 e. The third-order valence-electron chi connectivity index (χ3n) is 2.15. The lowest BCUT2D eigenvalue weighted by Crippen LogP contribution is -2.20. The Labute approximate surface area is 109 Å². The molecule has 96 valence electrons. The number of aromatic nitrogens is 4. The molecule has 19 heavy (non-hydrogen) atoms. The standard InChI is InChI=1S/C12H12N6O/c19-12(9-11-14-17-18-15-11)16-13-8-4-7-10-5-2-1-3-6-10/h1-8H,9H2,(H,16,19)(H,14,15,17,18)/b7-4+,13-8+. The number of carbonyl (C=O) groups is 1. The molecule has 1 aromatic carbocycles. The van der Waals surface area contributed by atoms with E-state index in [9.17, 15) is 4.79 Å². The summed E-state index contributed by atoms with van der Waals surface area (Å²) in [4.78, 5) is 11.4. The van der Waals surface area contributed by atoms with E-state index in [1.807, 2.05) is 36.4 Å². The molecule has 1 heterocycles. The average molecular weight is 256 g/mol. The summed E-state index contributed by atoms with van der Waals surface area (Å²) in [6, 6.07) is 9.79. The van der Waals surface area contributed by atoms with Crippen LogP contribution in [0, 0.1) is 0 Å². The highest BCUT2D eigenvalue weighted by molar-refractivity contribution is 5.81. The zero-order valence-electron chi connectivity index (χ0n) is 10.0. The van der Waals surface area contributed by atoms with Gasteiger partial charge in [-0.05, 0) is 11.6 Å². The van der Waals surface area contributed by atoms with E-state index in [0.29, 0.717) is 5.82 Å². The minimum absolute atomic E-state index is 0.0379. The van der Waals surface area contributed by atoms with Crippen LogP contribution in [0.5, 0.6) is 0 Å². The van der Waals surface area contributed by atoms with Gasteiger partial charge >= 0.3 is 0 Å². The molecule has 1 amide bonds. The average Bonchev–Trinajstić information content (AvgIpc) is 2.92. The van der Waals surface area contributed by atoms with Crippen molar-refractivity contribution in [3.8, 4) is 0 Å². The van der Waals surface area contributed by atoms with Gasteiger partial charge in [-0.2, -0.15) is 10.3 Å². The Hall–Kier alpha value is -2.83. The zero-order chi connectivity index (χ0) is 13.3. The second kappa shape index (κ2) is 6.80. The van der Waals surface area contributed by atoms with Gasteiger partial charge < -0.3 is 0 Å². The van der Waals surface area contributed by atoms with Gasteiger partial charge in [-0.1, -0.05) is 41.6 Å². The van der Waals surface area contributed by atoms with Gasteiger partial charge in [-0.25, -0.2) is 5.43 Å². The summed E-state index contributed by atoms with van der Waals surface area (Å²) in [5, 5.41) is 16.7. The monoisotopic (exact) mass is 256 g/mol. The number of amides is 1. The van der Waals surface area contributed by atoms with Crippen molar-refractivity contribution in [3.05, 3.63) is 47.8 Å². The van der Waals surface area contributed by atoms with Crippen molar-refractivity contribution in [2.24, 2.45) is 5.10 Å². The molecular weight excluding hydrogens is 244 g/mol. The first-order valence-electron chi connectivity index (χ1n) is 5.60. The lowest BCUT2D eigenvalue weighted by molar-refractivity contribution is -0.120. The number of H-pyrrole nitrogens is 1. The molecule has 0 aliphatic rings. The summed E-state index contributed by atoms with van der Waals surface area (Å²) in [6.45, 7) is 0. The summed E-state index contributed by atoms with van der Waals surface area (Å²) in [5.41, 5.74) is 3.43. The van der Waals surface area contributed by atoms with Gasteiger partial charge in [0.2, 0.25) is 5.91 Å². The Kier molecular flexibility index (Phi) is 4.52. The number of hydrogen-bond acceptors (Lipinski definition) is 5. The van der Waals surface area contributed by atoms with Gasteiger partial charge in [0.15, 0.2) is 5.82 Å². The van der Waals surface area contributed by atoms with Gasteiger partial charge in [0.1, 0.15) is 0 Å². The van der Waals surface area contributed by atoms with Crippen molar-refractivity contribution in [1.82, 2.24) is 26.0 Å². The van der Waals surface area contributed by atoms with Crippen LogP contribution < -0.4 is 5.43 Å². The van der Waals surface area contributed by atoms with Gasteiger partial charge in [0.05, 0.1) is 6.42 Å². The molecule has 2 aromatic rings. The van der Waals surface area contributed by atoms with E-state index in [2.05, 4.69) is 31.2 Å². The molecule has 0 atom stereocenters. The molecule has 0 saturated carbocycles. The minimum atomic E-state index is -0.300. The normalized spacial score (nSPS) is 11.2. The summed E-state index contributed by atoms with van der Waals surface area (Å²) in [6.07, 6.45) is 5.16. The first-order chi connectivity index (χ1) is 9.34. The quantitative estimate of drug-likeness (QED) is 0.603. The van der Waals surface area contributed by atoms with Crippen LogP contribution in [0.2, 0.25) is 0 Å². The van der Waals surface area contributed by atoms with E-state index in [1.54, 1.807) is 6.08 Å². The molecule has 2 rings (SSSR count). The van der Waals surface area contributed by atoms with Crippen LogP contribution in [-0.2, 0) is 11.2 Å². The molecule has 7 heteroatoms. The molecule has 0 fully saturated rings. The summed E-state index contributed by atoms with van der Waals surface area (Å²) < 4.78 is 0. The van der Waals surface area contributed by atoms with E-state index < -0.39 is 0 Å². The number of tetrazole rings is 1. The Morgan fingerprint density at radius 2 is 2.21 bits per heavy atom. The van der Waals surface area contributed by atoms with E-state index in [-0.39, 0.29) is 12.3 Å². The Bertz CT molecular complexity index is 561. The van der Waals surface area contributed by atoms with Crippen LogP contribution in [0.15, 0.2) is 41.5 Å². The second-order valence-electron chi connectivity index (χ2n) is 3.59. The van der Waals surface area contributed by atoms with Gasteiger partial charge in [-0.15, -0.1) is 10.2 Å². The van der Waals surface area contributed by atoms with Crippen molar-refractivity contribution >= 4 is 18.2 Å². The van der Waals surface area contributed by atoms with Crippen molar-refractivity contribution < 1.29 is 4.79 Å². The highest BCUT2D eigenvalue weighted by Gasteiger charge is 2.04. The minimum Gasteiger partial charge on any atom is -0.273 e. The highest BCUT2D eigenvalue weighted by Crippen LogP contribution is 1.99. The lowest BCUT2D eigenvalue weighted by Gasteiger charge is -1.93. The van der Waals surface area contributed by atoms with Crippen LogP contribution in [-0.4, -0.2) is 32.7 Å². The maximum Gasteiger partial charge on any atom is 0.247 e. The molecule has 0 unspecified atom stereocenters. The van der Waals surface area contributed by atoms with E-state index in [4.69, 9.17) is 0 Å². The first kappa shape index (κ1) is 12.6. The number of allylic oxidation sites excluding steroid dienone is 1. The van der Waals surface area contributed by atoms with Crippen LogP contribution in [0.3, 0.4) is 0 Å². The van der Waals surface area contributed by atoms with E-state index >= 15 is 0 Å². The van der Waals surface area contributed by atoms with Crippen LogP contribution >= 0.6 is 0 Å². The maximum atomic E-state index is 11.4. The third kappa shape index (κ3) is 4.50. The van der Waals surface area contributed by atoms with Crippen LogP contribution in [0.4, 0.5) is 0 Å². The molecule has 0 aliphatic carbocycles. The first-order valence-corrected chi connectivity index (χ1v) is 5.60. The fourth-order valence-corrected chi connectivity index (χ4v) is 1.31. The smallest absolute Gasteiger partial charge is 0.247 e. The Morgan fingerprint density at radius 3 is 2.95 bits per heavy atom. The number of carbonyl (C=O) groups excluding carboxylic acids is 1. The summed E-state index contributed by atoms with van der Waals surface area (Å²) >= 11 is 0. The lowest BCUT2D eigenvalue weighted by atomic mass is 10.2. The fourth-order valence-electron chi connectivity index (χ4n) is 1.31. The molecular formula is C12H12N6O. The summed E-state index contributed by atoms with van der Waals surface area (Å²) in [7, 11) is 0. The van der Waals surface area contributed by atoms with Crippen molar-refractivity contribution in [2.75, 3.05) is 0 Å². The number of hydrazone groups is 1. The zero-order valence-corrected chi connectivity index (χ0v) is 10.0. The molecule has 0 saturated heterocycles. The number of benzene rings is 1. The number of aromatic amines is 1. The molecule has 0 radical (unpaired) electrons. The number of nitrogens with zero attached hydrogens (tertiary/aromatic N) is 4. The van der Waals surface area contributed by atoms with Gasteiger partial charge in [0.25, 0.3) is 0 Å². The molecule has 0 aliphatic heterocycles. The predicted octanol–water partition coefficient (Wildman–Crippen LogP) is 0.558. The molecule has 0 spiro atoms. The molecule has 7 nitrogen and oxygen atoms in total. The van der Waals surface area contributed by atoms with E-state index in [1.165, 1.54) is 6.21 Å². The predicted molar refractivity (Wildman–Crippen MR) is 70.0 cm³/mol. The SMILES string of the molecule is O=C(Cc1nn[nH]n1)N/N=C/C=C/c1ccccc1. The molecule has 1 aromatic heterocycles. The fraction of sp³-hybridized carbons (Fsp3) is 0.0833. The van der Waals surface area contributed by atoms with E-state index in [0.717, 1.165) is 5.56 Å². The Balaban J connectivity index is 1.74. The topological polar surface area (TPSA) is 95.9 Å². The number of nitrogens with one attached hydrogen (secondary N) is 2. The third-order valence-corrected chi connectivity index (χ3v) is 2.15. The number of hydrogen-bond donors (Lipinski definition) is 2. The maximum absolute atomic E-state index is 11.4. The molecule has 2 N–H and O–H groups in total. The summed E-state index contributed by atoms with van der Waals surface area (Å²) in [5.74, 6) is 0.0262. The van der Waals surface area contributed by atoms with Crippen molar-refractivity contribution in [3.63, 3.8) is 0 Å². The van der Waals surface area contributed by atoms with Crippen LogP contribution in [0.25, 0.3) is 6.08 Å². The van der Waals surface area contributed by atoms with Crippen molar-refractivity contribution in [1.29, 1.82) is 0 Å². The van der Waals surface area contributed by atoms with Crippen molar-refractivity contribution in [2.45, 2.75) is 6.42 Å². The highest BCUT2D eigenvalue weighted by atomic mass is 16.2. The molecule has 0 bridgehead atoms.